The van der Waals surface area contributed by atoms with Crippen molar-refractivity contribution in [3.05, 3.63) is 0 Å². The molecule has 1 unspecified atom stereocenters. The summed E-state index contributed by atoms with van der Waals surface area (Å²) in [7, 11) is 0. The number of aliphatic hydroxyl groups is 1. The first kappa shape index (κ1) is 11.0. The topological polar surface area (TPSA) is 29.5 Å². The molecule has 0 amide bonds. The minimum atomic E-state index is -4.34. The van der Waals surface area contributed by atoms with Crippen LogP contribution in [-0.4, -0.2) is 36.5 Å². The van der Waals surface area contributed by atoms with Gasteiger partial charge in [0.05, 0.1) is 18.6 Å². The lowest BCUT2D eigenvalue weighted by Gasteiger charge is -2.09. The van der Waals surface area contributed by atoms with Gasteiger partial charge in [-0.05, 0) is 0 Å². The molecule has 0 fully saturated rings. The summed E-state index contributed by atoms with van der Waals surface area (Å²) in [6, 6.07) is 0. The lowest BCUT2D eigenvalue weighted by atomic mass is 10.4. The van der Waals surface area contributed by atoms with Crippen LogP contribution in [0.3, 0.4) is 0 Å². The molecule has 0 bridgehead atoms. The van der Waals surface area contributed by atoms with Crippen molar-refractivity contribution in [3.63, 3.8) is 0 Å². The fourth-order valence-electron chi connectivity index (χ4n) is 0.355. The predicted molar refractivity (Wildman–Crippen MR) is 33.6 cm³/mol. The summed E-state index contributed by atoms with van der Waals surface area (Å²) in [5.41, 5.74) is 0. The number of hydrogen-bond donors (Lipinski definition) is 1. The lowest BCUT2D eigenvalue weighted by Crippen LogP contribution is -2.23. The number of alkyl halides is 4. The van der Waals surface area contributed by atoms with Crippen molar-refractivity contribution in [1.82, 2.24) is 0 Å². The number of rotatable bonds is 4. The Balaban J connectivity index is 3.28. The van der Waals surface area contributed by atoms with Crippen LogP contribution in [0.15, 0.2) is 0 Å². The second kappa shape index (κ2) is 4.79. The average molecular weight is 193 g/mol. The Labute approximate surface area is 66.9 Å². The molecule has 1 N–H and O–H groups in total. The standard InChI is InChI=1S/C5H8ClF3O2/c6-1-4(10)2-11-3-5(7,8)9/h4,10H,1-3H2. The van der Waals surface area contributed by atoms with Gasteiger partial charge in [0, 0.05) is 0 Å². The van der Waals surface area contributed by atoms with Gasteiger partial charge < -0.3 is 9.84 Å². The van der Waals surface area contributed by atoms with Crippen molar-refractivity contribution in [2.75, 3.05) is 19.1 Å². The van der Waals surface area contributed by atoms with Gasteiger partial charge in [-0.25, -0.2) is 0 Å². The molecule has 68 valence electrons. The SMILES string of the molecule is OC(CCl)COCC(F)(F)F. The highest BCUT2D eigenvalue weighted by molar-refractivity contribution is 6.18. The van der Waals surface area contributed by atoms with Gasteiger partial charge in [-0.1, -0.05) is 0 Å². The molecule has 0 radical (unpaired) electrons. The number of halogens is 4. The van der Waals surface area contributed by atoms with Gasteiger partial charge in [0.15, 0.2) is 0 Å². The Morgan fingerprint density at radius 1 is 1.45 bits per heavy atom. The normalized spacial score (nSPS) is 15.0. The van der Waals surface area contributed by atoms with Crippen LogP contribution in [0.5, 0.6) is 0 Å². The van der Waals surface area contributed by atoms with Crippen molar-refractivity contribution in [3.8, 4) is 0 Å². The monoisotopic (exact) mass is 192 g/mol. The predicted octanol–water partition coefficient (Wildman–Crippen LogP) is 1.17. The molecule has 0 aliphatic heterocycles. The molecule has 2 nitrogen and oxygen atoms in total. The third-order valence-corrected chi connectivity index (χ3v) is 1.11. The number of hydrogen-bond acceptors (Lipinski definition) is 2. The maximum absolute atomic E-state index is 11.4. The van der Waals surface area contributed by atoms with E-state index in [1.165, 1.54) is 0 Å². The molecule has 0 spiro atoms. The zero-order chi connectivity index (χ0) is 8.91. The maximum atomic E-state index is 11.4. The van der Waals surface area contributed by atoms with Gasteiger partial charge in [0.1, 0.15) is 6.61 Å². The lowest BCUT2D eigenvalue weighted by molar-refractivity contribution is -0.178. The van der Waals surface area contributed by atoms with E-state index in [2.05, 4.69) is 4.74 Å². The molecule has 0 aromatic rings. The van der Waals surface area contributed by atoms with Crippen LogP contribution in [0.2, 0.25) is 0 Å². The van der Waals surface area contributed by atoms with E-state index in [1.54, 1.807) is 0 Å². The highest BCUT2D eigenvalue weighted by atomic mass is 35.5. The van der Waals surface area contributed by atoms with Crippen molar-refractivity contribution in [2.45, 2.75) is 12.3 Å². The summed E-state index contributed by atoms with van der Waals surface area (Å²) in [5.74, 6) is -0.127. The Bertz CT molecular complexity index is 106. The molecule has 1 atom stereocenters. The van der Waals surface area contributed by atoms with Gasteiger partial charge in [-0.15, -0.1) is 11.6 Å². The average Bonchev–Trinajstić information content (AvgIpc) is 1.85. The highest BCUT2D eigenvalue weighted by Crippen LogP contribution is 2.14. The zero-order valence-electron chi connectivity index (χ0n) is 5.57. The molecule has 0 rings (SSSR count). The fraction of sp³-hybridized carbons (Fsp3) is 1.00. The van der Waals surface area contributed by atoms with Crippen LogP contribution in [0, 0.1) is 0 Å². The maximum Gasteiger partial charge on any atom is 0.411 e. The van der Waals surface area contributed by atoms with Crippen molar-refractivity contribution >= 4 is 11.6 Å². The molecule has 0 aromatic carbocycles. The van der Waals surface area contributed by atoms with E-state index < -0.39 is 18.9 Å². The minimum Gasteiger partial charge on any atom is -0.389 e. The second-order valence-corrected chi connectivity index (χ2v) is 2.25. The van der Waals surface area contributed by atoms with Crippen LogP contribution < -0.4 is 0 Å². The number of ether oxygens (including phenoxy) is 1. The van der Waals surface area contributed by atoms with Crippen LogP contribution in [0.25, 0.3) is 0 Å². The third kappa shape index (κ3) is 7.90. The molecule has 0 saturated carbocycles. The molecule has 0 aliphatic carbocycles. The largest absolute Gasteiger partial charge is 0.411 e. The van der Waals surface area contributed by atoms with E-state index in [0.717, 1.165) is 0 Å². The Morgan fingerprint density at radius 2 is 2.00 bits per heavy atom. The van der Waals surface area contributed by atoms with E-state index in [0.29, 0.717) is 0 Å². The molecule has 0 aliphatic rings. The van der Waals surface area contributed by atoms with Crippen molar-refractivity contribution in [2.24, 2.45) is 0 Å². The van der Waals surface area contributed by atoms with Crippen molar-refractivity contribution in [1.29, 1.82) is 0 Å². The van der Waals surface area contributed by atoms with Crippen LogP contribution in [0.4, 0.5) is 13.2 Å². The third-order valence-electron chi connectivity index (χ3n) is 0.754. The smallest absolute Gasteiger partial charge is 0.389 e. The molecule has 0 saturated heterocycles. The van der Waals surface area contributed by atoms with Gasteiger partial charge >= 0.3 is 6.18 Å². The Kier molecular flexibility index (Phi) is 4.79. The van der Waals surface area contributed by atoms with E-state index in [1.807, 2.05) is 0 Å². The van der Waals surface area contributed by atoms with Crippen LogP contribution in [-0.2, 0) is 4.74 Å². The van der Waals surface area contributed by atoms with E-state index in [9.17, 15) is 13.2 Å². The van der Waals surface area contributed by atoms with E-state index in [-0.39, 0.29) is 12.5 Å². The summed E-state index contributed by atoms with van der Waals surface area (Å²) < 4.78 is 38.2. The molecule has 0 aromatic heterocycles. The fourth-order valence-corrected chi connectivity index (χ4v) is 0.444. The Hall–Kier alpha value is -0.0000000000000000555. The molecule has 6 heteroatoms. The second-order valence-electron chi connectivity index (χ2n) is 1.94. The summed E-state index contributed by atoms with van der Waals surface area (Å²) in [6.45, 7) is -1.73. The van der Waals surface area contributed by atoms with Gasteiger partial charge in [0.2, 0.25) is 0 Å². The minimum absolute atomic E-state index is 0.127. The summed E-state index contributed by atoms with van der Waals surface area (Å²) in [5, 5.41) is 8.63. The molecular formula is C5H8ClF3O2. The van der Waals surface area contributed by atoms with E-state index >= 15 is 0 Å². The first-order chi connectivity index (χ1) is 4.95. The Morgan fingerprint density at radius 3 is 2.36 bits per heavy atom. The molecule has 11 heavy (non-hydrogen) atoms. The first-order valence-corrected chi connectivity index (χ1v) is 3.37. The van der Waals surface area contributed by atoms with E-state index in [4.69, 9.17) is 16.7 Å². The van der Waals surface area contributed by atoms with Gasteiger partial charge in [-0.3, -0.25) is 0 Å². The quantitative estimate of drug-likeness (QED) is 0.678. The van der Waals surface area contributed by atoms with Gasteiger partial charge in [0.25, 0.3) is 0 Å². The summed E-state index contributed by atoms with van der Waals surface area (Å²) in [6.07, 6.45) is -5.37. The molecule has 0 heterocycles. The molecular weight excluding hydrogens is 184 g/mol. The highest BCUT2D eigenvalue weighted by Gasteiger charge is 2.27. The summed E-state index contributed by atoms with van der Waals surface area (Å²) >= 11 is 5.09. The van der Waals surface area contributed by atoms with Crippen LogP contribution in [0.1, 0.15) is 0 Å². The van der Waals surface area contributed by atoms with Gasteiger partial charge in [-0.2, -0.15) is 13.2 Å². The number of aliphatic hydroxyl groups excluding tert-OH is 1. The van der Waals surface area contributed by atoms with Crippen molar-refractivity contribution < 1.29 is 23.0 Å². The zero-order valence-corrected chi connectivity index (χ0v) is 6.32. The van der Waals surface area contributed by atoms with Crippen LogP contribution >= 0.6 is 11.6 Å². The summed E-state index contributed by atoms with van der Waals surface area (Å²) in [4.78, 5) is 0. The first-order valence-electron chi connectivity index (χ1n) is 2.84.